The number of piperazine rings is 1. The quantitative estimate of drug-likeness (QED) is 0.854. The van der Waals surface area contributed by atoms with Crippen molar-refractivity contribution >= 4 is 28.1 Å². The first kappa shape index (κ1) is 12.9. The Morgan fingerprint density at radius 2 is 2.05 bits per heavy atom. The van der Waals surface area contributed by atoms with Gasteiger partial charge >= 0.3 is 0 Å². The molecule has 0 bridgehead atoms. The average Bonchev–Trinajstić information content (AvgIpc) is 3.01. The van der Waals surface area contributed by atoms with E-state index < -0.39 is 0 Å². The number of aromatic nitrogens is 1. The van der Waals surface area contributed by atoms with E-state index in [0.717, 1.165) is 18.2 Å². The van der Waals surface area contributed by atoms with Crippen molar-refractivity contribution in [1.82, 2.24) is 9.88 Å². The van der Waals surface area contributed by atoms with Crippen LogP contribution < -0.4 is 10.6 Å². The van der Waals surface area contributed by atoms with Crippen LogP contribution in [0.1, 0.15) is 10.4 Å². The van der Waals surface area contributed by atoms with E-state index in [0.29, 0.717) is 24.3 Å². The van der Waals surface area contributed by atoms with Gasteiger partial charge in [0.2, 0.25) is 0 Å². The van der Waals surface area contributed by atoms with E-state index >= 15 is 0 Å². The summed E-state index contributed by atoms with van der Waals surface area (Å²) < 4.78 is 0. The smallest absolute Gasteiger partial charge is 0.254 e. The minimum Gasteiger partial charge on any atom is -0.399 e. The Hall–Kier alpha value is -2.08. The molecular weight excluding hydrogens is 272 g/mol. The Labute approximate surface area is 121 Å². The van der Waals surface area contributed by atoms with Crippen molar-refractivity contribution in [3.05, 3.63) is 41.4 Å². The van der Waals surface area contributed by atoms with Gasteiger partial charge in [-0.05, 0) is 18.2 Å². The van der Waals surface area contributed by atoms with Gasteiger partial charge in [0.25, 0.3) is 5.91 Å². The first-order valence-electron chi connectivity index (χ1n) is 6.53. The normalized spacial score (nSPS) is 15.4. The predicted molar refractivity (Wildman–Crippen MR) is 81.1 cm³/mol. The molecule has 1 aliphatic heterocycles. The number of hydrogen-bond donors (Lipinski definition) is 1. The monoisotopic (exact) mass is 288 g/mol. The van der Waals surface area contributed by atoms with Gasteiger partial charge in [0, 0.05) is 49.0 Å². The van der Waals surface area contributed by atoms with Gasteiger partial charge in [0.15, 0.2) is 5.13 Å². The lowest BCUT2D eigenvalue weighted by Crippen LogP contribution is -2.48. The lowest BCUT2D eigenvalue weighted by atomic mass is 10.1. The molecule has 1 amide bonds. The molecule has 5 nitrogen and oxygen atoms in total. The SMILES string of the molecule is Nc1cccc(C(=O)N2CCN(c3nccs3)CC2)c1. The summed E-state index contributed by atoms with van der Waals surface area (Å²) in [5.41, 5.74) is 7.01. The standard InChI is InChI=1S/C14H16N4OS/c15-12-3-1-2-11(10-12)13(19)17-5-7-18(8-6-17)14-16-4-9-20-14/h1-4,9-10H,5-8,15H2. The Balaban J connectivity index is 1.65. The first-order valence-corrected chi connectivity index (χ1v) is 7.41. The van der Waals surface area contributed by atoms with Gasteiger partial charge in [-0.3, -0.25) is 4.79 Å². The van der Waals surface area contributed by atoms with Crippen molar-refractivity contribution in [2.75, 3.05) is 36.8 Å². The highest BCUT2D eigenvalue weighted by molar-refractivity contribution is 7.13. The third kappa shape index (κ3) is 2.60. The molecule has 1 fully saturated rings. The highest BCUT2D eigenvalue weighted by Gasteiger charge is 2.23. The van der Waals surface area contributed by atoms with E-state index in [2.05, 4.69) is 9.88 Å². The molecule has 20 heavy (non-hydrogen) atoms. The number of amides is 1. The van der Waals surface area contributed by atoms with Crippen LogP contribution in [0.2, 0.25) is 0 Å². The first-order chi connectivity index (χ1) is 9.74. The molecule has 1 saturated heterocycles. The fraction of sp³-hybridized carbons (Fsp3) is 0.286. The number of rotatable bonds is 2. The molecule has 1 aromatic heterocycles. The van der Waals surface area contributed by atoms with Crippen molar-refractivity contribution in [3.8, 4) is 0 Å². The number of carbonyl (C=O) groups is 1. The summed E-state index contributed by atoms with van der Waals surface area (Å²) in [7, 11) is 0. The number of nitrogens with two attached hydrogens (primary N) is 1. The third-order valence-corrected chi connectivity index (χ3v) is 4.22. The Morgan fingerprint density at radius 1 is 1.25 bits per heavy atom. The second-order valence-electron chi connectivity index (χ2n) is 4.72. The lowest BCUT2D eigenvalue weighted by Gasteiger charge is -2.34. The van der Waals surface area contributed by atoms with Crippen molar-refractivity contribution in [2.24, 2.45) is 0 Å². The number of nitrogens with zero attached hydrogens (tertiary/aromatic N) is 3. The zero-order chi connectivity index (χ0) is 13.9. The van der Waals surface area contributed by atoms with Crippen LogP contribution in [0, 0.1) is 0 Å². The summed E-state index contributed by atoms with van der Waals surface area (Å²) in [6.45, 7) is 3.07. The summed E-state index contributed by atoms with van der Waals surface area (Å²) >= 11 is 1.63. The van der Waals surface area contributed by atoms with Gasteiger partial charge in [0.05, 0.1) is 0 Å². The van der Waals surface area contributed by atoms with Crippen molar-refractivity contribution in [1.29, 1.82) is 0 Å². The fourth-order valence-corrected chi connectivity index (χ4v) is 3.02. The zero-order valence-electron chi connectivity index (χ0n) is 11.0. The van der Waals surface area contributed by atoms with Gasteiger partial charge in [-0.1, -0.05) is 6.07 Å². The topological polar surface area (TPSA) is 62.5 Å². The van der Waals surface area contributed by atoms with E-state index in [1.54, 1.807) is 23.5 Å². The molecule has 2 heterocycles. The second kappa shape index (κ2) is 5.50. The molecule has 0 radical (unpaired) electrons. The van der Waals surface area contributed by atoms with E-state index in [1.165, 1.54) is 0 Å². The third-order valence-electron chi connectivity index (χ3n) is 3.39. The molecule has 3 rings (SSSR count). The molecule has 1 aliphatic rings. The van der Waals surface area contributed by atoms with Crippen molar-refractivity contribution in [3.63, 3.8) is 0 Å². The predicted octanol–water partition coefficient (Wildman–Crippen LogP) is 1.69. The zero-order valence-corrected chi connectivity index (χ0v) is 11.8. The van der Waals surface area contributed by atoms with Crippen LogP contribution >= 0.6 is 11.3 Å². The number of thiazole rings is 1. The van der Waals surface area contributed by atoms with E-state index in [4.69, 9.17) is 5.73 Å². The van der Waals surface area contributed by atoms with Crippen LogP contribution in [0.3, 0.4) is 0 Å². The van der Waals surface area contributed by atoms with Gasteiger partial charge < -0.3 is 15.5 Å². The van der Waals surface area contributed by atoms with Gasteiger partial charge in [-0.2, -0.15) is 0 Å². The largest absolute Gasteiger partial charge is 0.399 e. The van der Waals surface area contributed by atoms with Crippen LogP contribution in [0.15, 0.2) is 35.8 Å². The lowest BCUT2D eigenvalue weighted by molar-refractivity contribution is 0.0747. The maximum atomic E-state index is 12.4. The molecule has 0 aliphatic carbocycles. The summed E-state index contributed by atoms with van der Waals surface area (Å²) in [6, 6.07) is 7.15. The molecule has 0 atom stereocenters. The highest BCUT2D eigenvalue weighted by Crippen LogP contribution is 2.19. The number of hydrogen-bond acceptors (Lipinski definition) is 5. The average molecular weight is 288 g/mol. The van der Waals surface area contributed by atoms with Gasteiger partial charge in [-0.25, -0.2) is 4.98 Å². The summed E-state index contributed by atoms with van der Waals surface area (Å²) in [6.07, 6.45) is 1.81. The van der Waals surface area contributed by atoms with Crippen LogP contribution in [0.25, 0.3) is 0 Å². The van der Waals surface area contributed by atoms with Gasteiger partial charge in [0.1, 0.15) is 0 Å². The minimum absolute atomic E-state index is 0.0519. The second-order valence-corrected chi connectivity index (χ2v) is 5.59. The highest BCUT2D eigenvalue weighted by atomic mass is 32.1. The summed E-state index contributed by atoms with van der Waals surface area (Å²) in [4.78, 5) is 20.8. The number of benzene rings is 1. The van der Waals surface area contributed by atoms with E-state index in [-0.39, 0.29) is 5.91 Å². The Kier molecular flexibility index (Phi) is 3.56. The Morgan fingerprint density at radius 3 is 2.70 bits per heavy atom. The van der Waals surface area contributed by atoms with Crippen LogP contribution in [-0.4, -0.2) is 42.0 Å². The molecule has 0 spiro atoms. The molecular formula is C14H16N4OS. The van der Waals surface area contributed by atoms with Crippen LogP contribution in [0.5, 0.6) is 0 Å². The number of carbonyl (C=O) groups excluding carboxylic acids is 1. The molecule has 0 saturated carbocycles. The van der Waals surface area contributed by atoms with Crippen LogP contribution in [-0.2, 0) is 0 Å². The molecule has 104 valence electrons. The molecule has 6 heteroatoms. The fourth-order valence-electron chi connectivity index (χ4n) is 2.33. The summed E-state index contributed by atoms with van der Waals surface area (Å²) in [5.74, 6) is 0.0519. The summed E-state index contributed by atoms with van der Waals surface area (Å²) in [5, 5.41) is 3.00. The maximum Gasteiger partial charge on any atom is 0.254 e. The van der Waals surface area contributed by atoms with E-state index in [1.807, 2.05) is 28.6 Å². The van der Waals surface area contributed by atoms with Crippen LogP contribution in [0.4, 0.5) is 10.8 Å². The Bertz CT molecular complexity index is 591. The molecule has 2 N–H and O–H groups in total. The van der Waals surface area contributed by atoms with Crippen molar-refractivity contribution < 1.29 is 4.79 Å². The maximum absolute atomic E-state index is 12.4. The molecule has 1 aromatic carbocycles. The van der Waals surface area contributed by atoms with Crippen molar-refractivity contribution in [2.45, 2.75) is 0 Å². The minimum atomic E-state index is 0.0519. The molecule has 2 aromatic rings. The number of anilines is 2. The van der Waals surface area contributed by atoms with Gasteiger partial charge in [-0.15, -0.1) is 11.3 Å². The molecule has 0 unspecified atom stereocenters. The van der Waals surface area contributed by atoms with E-state index in [9.17, 15) is 4.79 Å². The number of nitrogen functional groups attached to an aromatic ring is 1.